The number of rotatable bonds is 5. The maximum absolute atomic E-state index is 13.5. The lowest BCUT2D eigenvalue weighted by Crippen LogP contribution is -2.50. The Balaban J connectivity index is 0.000000479. The first-order valence-corrected chi connectivity index (χ1v) is 12.2. The highest BCUT2D eigenvalue weighted by Crippen LogP contribution is 2.35. The molecule has 1 aromatic carbocycles. The summed E-state index contributed by atoms with van der Waals surface area (Å²) in [5.74, 6) is -3.72. The highest BCUT2D eigenvalue weighted by atomic mass is 32.2. The minimum Gasteiger partial charge on any atom is -0.475 e. The van der Waals surface area contributed by atoms with Crippen molar-refractivity contribution in [1.29, 1.82) is 0 Å². The monoisotopic (exact) mass is 546 g/mol. The summed E-state index contributed by atoms with van der Waals surface area (Å²) in [6.45, 7) is 0.678. The third-order valence-corrected chi connectivity index (χ3v) is 7.33. The average molecular weight is 546 g/mol. The molecule has 1 unspecified atom stereocenters. The van der Waals surface area contributed by atoms with Gasteiger partial charge in [-0.1, -0.05) is 11.2 Å². The van der Waals surface area contributed by atoms with Crippen LogP contribution in [-0.4, -0.2) is 65.3 Å². The van der Waals surface area contributed by atoms with Crippen LogP contribution in [0.2, 0.25) is 0 Å². The number of carbonyl (C=O) groups is 2. The lowest BCUT2D eigenvalue weighted by molar-refractivity contribution is -0.192. The highest BCUT2D eigenvalue weighted by molar-refractivity contribution is 7.89. The van der Waals surface area contributed by atoms with Gasteiger partial charge >= 0.3 is 12.1 Å². The van der Waals surface area contributed by atoms with Crippen LogP contribution in [0.3, 0.4) is 0 Å². The first-order valence-electron chi connectivity index (χ1n) is 10.8. The summed E-state index contributed by atoms with van der Waals surface area (Å²) >= 11 is 0. The fourth-order valence-corrected chi connectivity index (χ4v) is 5.27. The highest BCUT2D eigenvalue weighted by Gasteiger charge is 2.47. The number of halogens is 4. The van der Waals surface area contributed by atoms with Crippen molar-refractivity contribution in [2.45, 2.75) is 42.5 Å². The molecule has 2 N–H and O–H groups in total. The van der Waals surface area contributed by atoms with Crippen molar-refractivity contribution in [3.05, 3.63) is 60.2 Å². The minimum absolute atomic E-state index is 0.0521. The number of hydrogen-bond donors (Lipinski definition) is 2. The van der Waals surface area contributed by atoms with E-state index in [2.05, 4.69) is 15.5 Å². The van der Waals surface area contributed by atoms with E-state index in [1.807, 2.05) is 0 Å². The first kappa shape index (κ1) is 28.0. The molecule has 0 bridgehead atoms. The molecule has 0 radical (unpaired) electrons. The number of nitrogens with one attached hydrogen (secondary N) is 1. The Bertz CT molecular complexity index is 1270. The second-order valence-electron chi connectivity index (χ2n) is 8.23. The topological polar surface area (TPSA) is 138 Å². The van der Waals surface area contributed by atoms with Crippen LogP contribution in [0.5, 0.6) is 0 Å². The van der Waals surface area contributed by atoms with Crippen molar-refractivity contribution < 1.29 is 45.5 Å². The van der Waals surface area contributed by atoms with Crippen LogP contribution >= 0.6 is 0 Å². The SMILES string of the molecule is O=C(NCc1ccncc1)C1=NOC2(CCCN(S(=O)(=O)c3cccc(F)c3)C2)C1.O=C(O)C(F)(F)F. The van der Waals surface area contributed by atoms with Gasteiger partial charge < -0.3 is 15.3 Å². The number of hydrogen-bond acceptors (Lipinski definition) is 7. The van der Waals surface area contributed by atoms with E-state index >= 15 is 0 Å². The number of benzene rings is 1. The number of carboxylic acid groups (broad SMARTS) is 1. The molecule has 1 spiro atoms. The zero-order valence-corrected chi connectivity index (χ0v) is 19.9. The number of carbonyl (C=O) groups excluding carboxylic acids is 1. The normalized spacial score (nSPS) is 19.8. The summed E-state index contributed by atoms with van der Waals surface area (Å²) in [5, 5.41) is 13.8. The van der Waals surface area contributed by atoms with Gasteiger partial charge in [-0.25, -0.2) is 17.6 Å². The molecule has 10 nitrogen and oxygen atoms in total. The minimum atomic E-state index is -5.08. The molecule has 1 amide bonds. The average Bonchev–Trinajstić information content (AvgIpc) is 3.26. The molecule has 1 aromatic heterocycles. The number of nitrogens with zero attached hydrogens (tertiary/aromatic N) is 3. The Morgan fingerprint density at radius 2 is 1.86 bits per heavy atom. The zero-order valence-electron chi connectivity index (χ0n) is 19.1. The Morgan fingerprint density at radius 3 is 2.49 bits per heavy atom. The van der Waals surface area contributed by atoms with Crippen molar-refractivity contribution in [2.75, 3.05) is 13.1 Å². The largest absolute Gasteiger partial charge is 0.490 e. The van der Waals surface area contributed by atoms with Crippen LogP contribution in [0, 0.1) is 5.82 Å². The molecule has 3 heterocycles. The van der Waals surface area contributed by atoms with E-state index in [0.29, 0.717) is 25.9 Å². The van der Waals surface area contributed by atoms with Crippen LogP contribution in [0.1, 0.15) is 24.8 Å². The number of pyridine rings is 1. The van der Waals surface area contributed by atoms with Crippen molar-refractivity contribution in [3.63, 3.8) is 0 Å². The van der Waals surface area contributed by atoms with Crippen LogP contribution in [0.4, 0.5) is 17.6 Å². The molecule has 1 atom stereocenters. The fourth-order valence-electron chi connectivity index (χ4n) is 3.69. The Kier molecular flexibility index (Phi) is 8.48. The molecule has 2 aromatic rings. The summed E-state index contributed by atoms with van der Waals surface area (Å²) in [5.41, 5.74) is 0.244. The summed E-state index contributed by atoms with van der Waals surface area (Å²) in [6, 6.07) is 8.52. The third kappa shape index (κ3) is 7.22. The lowest BCUT2D eigenvalue weighted by atomic mass is 9.89. The molecule has 15 heteroatoms. The second-order valence-corrected chi connectivity index (χ2v) is 10.2. The fraction of sp³-hybridized carbons (Fsp3) is 0.364. The van der Waals surface area contributed by atoms with Crippen LogP contribution in [0.15, 0.2) is 58.8 Å². The number of aromatic nitrogens is 1. The van der Waals surface area contributed by atoms with Gasteiger partial charge in [0, 0.05) is 31.9 Å². The molecular formula is C22H22F4N4O6S. The summed E-state index contributed by atoms with van der Waals surface area (Å²) in [6.07, 6.45) is -0.461. The Morgan fingerprint density at radius 1 is 1.19 bits per heavy atom. The van der Waals surface area contributed by atoms with Gasteiger partial charge in [0.2, 0.25) is 10.0 Å². The number of oxime groups is 1. The van der Waals surface area contributed by atoms with Crippen molar-refractivity contribution in [2.24, 2.45) is 5.16 Å². The smallest absolute Gasteiger partial charge is 0.475 e. The number of alkyl halides is 3. The van der Waals surface area contributed by atoms with E-state index in [1.165, 1.54) is 22.5 Å². The summed E-state index contributed by atoms with van der Waals surface area (Å²) in [4.78, 5) is 30.8. The number of aliphatic carboxylic acids is 1. The number of piperidine rings is 1. The van der Waals surface area contributed by atoms with E-state index in [0.717, 1.165) is 11.6 Å². The summed E-state index contributed by atoms with van der Waals surface area (Å²) < 4.78 is 72.4. The van der Waals surface area contributed by atoms with Gasteiger partial charge in [-0.3, -0.25) is 9.78 Å². The molecule has 200 valence electrons. The predicted octanol–water partition coefficient (Wildman–Crippen LogP) is 2.47. The van der Waals surface area contributed by atoms with Gasteiger partial charge in [0.05, 0.1) is 11.4 Å². The van der Waals surface area contributed by atoms with Crippen molar-refractivity contribution in [1.82, 2.24) is 14.6 Å². The van der Waals surface area contributed by atoms with E-state index in [1.54, 1.807) is 24.5 Å². The van der Waals surface area contributed by atoms with E-state index < -0.39 is 33.6 Å². The molecule has 4 rings (SSSR count). The van der Waals surface area contributed by atoms with Gasteiger partial charge in [-0.2, -0.15) is 17.5 Å². The quantitative estimate of drug-likeness (QED) is 0.550. The zero-order chi connectivity index (χ0) is 27.3. The van der Waals surface area contributed by atoms with Gasteiger partial charge in [0.15, 0.2) is 5.60 Å². The molecule has 1 fully saturated rings. The molecule has 37 heavy (non-hydrogen) atoms. The van der Waals surface area contributed by atoms with Crippen LogP contribution in [0.25, 0.3) is 0 Å². The van der Waals surface area contributed by atoms with Gasteiger partial charge in [-0.05, 0) is 48.7 Å². The van der Waals surface area contributed by atoms with Crippen molar-refractivity contribution >= 4 is 27.6 Å². The van der Waals surface area contributed by atoms with E-state index in [4.69, 9.17) is 14.7 Å². The lowest BCUT2D eigenvalue weighted by Gasteiger charge is -2.37. The van der Waals surface area contributed by atoms with Gasteiger partial charge in [0.1, 0.15) is 11.5 Å². The standard InChI is InChI=1S/C20H21FN4O4S.C2HF3O2/c21-16-3-1-4-17(11-16)30(27,28)25-10-2-7-20(14-25)12-18(24-29-20)19(26)23-13-15-5-8-22-9-6-15;3-2(4,5)1(6)7/h1,3-6,8-9,11H,2,7,10,12-14H2,(H,23,26);(H,6,7). The first-order chi connectivity index (χ1) is 17.3. The summed E-state index contributed by atoms with van der Waals surface area (Å²) in [7, 11) is -3.88. The second kappa shape index (κ2) is 11.2. The van der Waals surface area contributed by atoms with Crippen molar-refractivity contribution in [3.8, 4) is 0 Å². The van der Waals surface area contributed by atoms with Crippen LogP contribution in [-0.2, 0) is 31.0 Å². The predicted molar refractivity (Wildman–Crippen MR) is 120 cm³/mol. The third-order valence-electron chi connectivity index (χ3n) is 5.48. The van der Waals surface area contributed by atoms with E-state index in [9.17, 15) is 30.8 Å². The molecule has 2 aliphatic heterocycles. The molecule has 0 aliphatic carbocycles. The number of amides is 1. The Labute approximate surface area is 209 Å². The molecule has 1 saturated heterocycles. The Hall–Kier alpha value is -3.59. The van der Waals surface area contributed by atoms with Gasteiger partial charge in [0.25, 0.3) is 5.91 Å². The maximum Gasteiger partial charge on any atom is 0.490 e. The molecule has 2 aliphatic rings. The molecular weight excluding hydrogens is 524 g/mol. The van der Waals surface area contributed by atoms with Gasteiger partial charge in [-0.15, -0.1) is 0 Å². The maximum atomic E-state index is 13.5. The molecule has 0 saturated carbocycles. The number of sulfonamides is 1. The van der Waals surface area contributed by atoms with Crippen LogP contribution < -0.4 is 5.32 Å². The van der Waals surface area contributed by atoms with E-state index in [-0.39, 0.29) is 29.5 Å². The number of carboxylic acids is 1.